The Morgan fingerprint density at radius 1 is 0.898 bits per heavy atom. The van der Waals surface area contributed by atoms with Gasteiger partial charge in [0.25, 0.3) is 11.8 Å². The Bertz CT molecular complexity index is 1630. The van der Waals surface area contributed by atoms with E-state index in [0.717, 1.165) is 5.56 Å². The second kappa shape index (κ2) is 16.8. The van der Waals surface area contributed by atoms with Crippen molar-refractivity contribution in [2.24, 2.45) is 11.7 Å². The number of fused-ring (bicyclic) bond motifs is 4. The number of nitrogens with two attached hydrogens (primary N) is 1. The molecule has 0 saturated carbocycles. The van der Waals surface area contributed by atoms with Gasteiger partial charge >= 0.3 is 6.03 Å². The number of primary amides is 1. The highest BCUT2D eigenvalue weighted by atomic mass is 32.1. The molecule has 5 rings (SSSR count). The number of aromatic nitrogens is 2. The molecule has 1 fully saturated rings. The van der Waals surface area contributed by atoms with Crippen LogP contribution in [0.2, 0.25) is 0 Å². The molecule has 5 N–H and O–H groups in total. The Kier molecular flexibility index (Phi) is 12.3. The summed E-state index contributed by atoms with van der Waals surface area (Å²) in [5.41, 5.74) is 7.04. The summed E-state index contributed by atoms with van der Waals surface area (Å²) in [7, 11) is 0. The summed E-state index contributed by atoms with van der Waals surface area (Å²) in [6.45, 7) is 5.47. The zero-order valence-electron chi connectivity index (χ0n) is 27.9. The average molecular weight is 709 g/mol. The first-order valence-corrected chi connectivity index (χ1v) is 18.5. The third kappa shape index (κ3) is 9.63. The van der Waals surface area contributed by atoms with Gasteiger partial charge in [0.2, 0.25) is 11.8 Å². The van der Waals surface area contributed by atoms with Crippen molar-refractivity contribution in [1.82, 2.24) is 35.7 Å². The number of likely N-dealkylation sites (tertiary alicyclic amines) is 1. The number of nitrogens with one attached hydrogen (secondary N) is 3. The normalized spacial score (nSPS) is 21.4. The molecular weight excluding hydrogens is 665 g/mol. The third-order valence-corrected chi connectivity index (χ3v) is 10.5. The number of carbonyl (C=O) groups is 5. The van der Waals surface area contributed by atoms with Crippen LogP contribution in [0.3, 0.4) is 0 Å². The second-order valence-corrected chi connectivity index (χ2v) is 14.6. The van der Waals surface area contributed by atoms with Gasteiger partial charge in [0, 0.05) is 43.4 Å². The first-order valence-electron chi connectivity index (χ1n) is 16.8. The van der Waals surface area contributed by atoms with E-state index in [-0.39, 0.29) is 59.9 Å². The van der Waals surface area contributed by atoms with Crippen LogP contribution in [0.15, 0.2) is 41.1 Å². The summed E-state index contributed by atoms with van der Waals surface area (Å²) in [4.78, 5) is 77.9. The van der Waals surface area contributed by atoms with Crippen molar-refractivity contribution < 1.29 is 24.0 Å². The van der Waals surface area contributed by atoms with E-state index in [1.165, 1.54) is 27.6 Å². The van der Waals surface area contributed by atoms with E-state index in [1.54, 1.807) is 15.7 Å². The van der Waals surface area contributed by atoms with Gasteiger partial charge in [-0.2, -0.15) is 0 Å². The second-order valence-electron chi connectivity index (χ2n) is 12.8. The average Bonchev–Trinajstić information content (AvgIpc) is 3.86. The zero-order chi connectivity index (χ0) is 34.9. The Morgan fingerprint density at radius 3 is 2.27 bits per heavy atom. The van der Waals surface area contributed by atoms with E-state index in [0.29, 0.717) is 68.2 Å². The number of hydrogen-bond donors (Lipinski definition) is 4. The van der Waals surface area contributed by atoms with Gasteiger partial charge in [0.1, 0.15) is 27.4 Å². The third-order valence-electron chi connectivity index (χ3n) is 8.59. The molecule has 0 unspecified atom stereocenters. The molecular formula is C34H44N8O5S2. The molecule has 4 bridgehead atoms. The van der Waals surface area contributed by atoms with Crippen molar-refractivity contribution in [3.05, 3.63) is 68.1 Å². The van der Waals surface area contributed by atoms with E-state index >= 15 is 0 Å². The SMILES string of the molecule is CC(C)C[C@@H]1NC(=O)CCCN(C(=O)[C@@H]2CCCN2C(N)=O)CCCNC(=O)c2csc(n2)[C@H](Cc2ccccc2)NC(=O)c2csc1n2. The van der Waals surface area contributed by atoms with Crippen molar-refractivity contribution in [2.45, 2.75) is 76.9 Å². The monoisotopic (exact) mass is 708 g/mol. The van der Waals surface area contributed by atoms with E-state index in [1.807, 2.05) is 30.3 Å². The van der Waals surface area contributed by atoms with Gasteiger partial charge < -0.3 is 31.5 Å². The van der Waals surface area contributed by atoms with Gasteiger partial charge in [-0.1, -0.05) is 44.2 Å². The predicted molar refractivity (Wildman–Crippen MR) is 187 cm³/mol. The van der Waals surface area contributed by atoms with Crippen molar-refractivity contribution in [3.63, 3.8) is 0 Å². The lowest BCUT2D eigenvalue weighted by molar-refractivity contribution is -0.135. The van der Waals surface area contributed by atoms with Crippen molar-refractivity contribution >= 4 is 52.3 Å². The maximum Gasteiger partial charge on any atom is 0.315 e. The van der Waals surface area contributed by atoms with Crippen molar-refractivity contribution in [2.75, 3.05) is 26.2 Å². The number of nitrogens with zero attached hydrogens (tertiary/aromatic N) is 4. The Balaban J connectivity index is 1.40. The molecule has 1 aromatic carbocycles. The van der Waals surface area contributed by atoms with E-state index in [2.05, 4.69) is 39.8 Å². The van der Waals surface area contributed by atoms with Crippen LogP contribution < -0.4 is 21.7 Å². The molecule has 49 heavy (non-hydrogen) atoms. The molecule has 3 aromatic rings. The highest BCUT2D eigenvalue weighted by molar-refractivity contribution is 7.10. The molecule has 4 heterocycles. The summed E-state index contributed by atoms with van der Waals surface area (Å²) in [6, 6.07) is 7.56. The van der Waals surface area contributed by atoms with Crippen molar-refractivity contribution in [3.8, 4) is 0 Å². The molecule has 3 atom stereocenters. The maximum absolute atomic E-state index is 13.6. The number of carbonyl (C=O) groups excluding carboxylic acids is 5. The Morgan fingerprint density at radius 2 is 1.57 bits per heavy atom. The number of thiazole rings is 2. The topological polar surface area (TPSA) is 180 Å². The molecule has 2 aliphatic heterocycles. The van der Waals surface area contributed by atoms with Gasteiger partial charge in [-0.3, -0.25) is 19.2 Å². The van der Waals surface area contributed by atoms with Crippen molar-refractivity contribution in [1.29, 1.82) is 0 Å². The molecule has 1 saturated heterocycles. The summed E-state index contributed by atoms with van der Waals surface area (Å²) in [5.74, 6) is -0.866. The molecule has 0 spiro atoms. The van der Waals surface area contributed by atoms with Crippen LogP contribution in [-0.2, 0) is 16.0 Å². The number of hydrogen-bond acceptors (Lipinski definition) is 9. The fourth-order valence-corrected chi connectivity index (χ4v) is 7.88. The van der Waals surface area contributed by atoms with Crippen LogP contribution in [0.4, 0.5) is 4.79 Å². The van der Waals surface area contributed by atoms with Crippen LogP contribution >= 0.6 is 22.7 Å². The number of rotatable bonds is 5. The molecule has 6 amide bonds. The number of benzene rings is 1. The smallest absolute Gasteiger partial charge is 0.315 e. The van der Waals surface area contributed by atoms with E-state index < -0.39 is 18.1 Å². The number of urea groups is 1. The van der Waals surface area contributed by atoms with Gasteiger partial charge in [0.05, 0.1) is 12.1 Å². The van der Waals surface area contributed by atoms with E-state index in [4.69, 9.17) is 5.73 Å². The van der Waals surface area contributed by atoms with Gasteiger partial charge in [-0.25, -0.2) is 14.8 Å². The minimum Gasteiger partial charge on any atom is -0.351 e. The molecule has 2 aromatic heterocycles. The first kappa shape index (κ1) is 35.9. The molecule has 2 aliphatic rings. The predicted octanol–water partition coefficient (Wildman–Crippen LogP) is 3.80. The lowest BCUT2D eigenvalue weighted by Crippen LogP contribution is -2.50. The number of amides is 6. The van der Waals surface area contributed by atoms with E-state index in [9.17, 15) is 24.0 Å². The quantitative estimate of drug-likeness (QED) is 0.311. The van der Waals surface area contributed by atoms with Crippen LogP contribution in [-0.4, -0.2) is 81.6 Å². The lowest BCUT2D eigenvalue weighted by Gasteiger charge is -2.29. The van der Waals surface area contributed by atoms with Crippen LogP contribution in [0.25, 0.3) is 0 Å². The summed E-state index contributed by atoms with van der Waals surface area (Å²) in [6.07, 6.45) is 3.33. The lowest BCUT2D eigenvalue weighted by atomic mass is 10.0. The van der Waals surface area contributed by atoms with Crippen LogP contribution in [0.5, 0.6) is 0 Å². The minimum absolute atomic E-state index is 0.172. The van der Waals surface area contributed by atoms with Gasteiger partial charge in [-0.05, 0) is 50.0 Å². The Labute approximate surface area is 294 Å². The molecule has 262 valence electrons. The van der Waals surface area contributed by atoms with Crippen LogP contribution in [0, 0.1) is 5.92 Å². The van der Waals surface area contributed by atoms with Crippen LogP contribution in [0.1, 0.15) is 101 Å². The van der Waals surface area contributed by atoms with Gasteiger partial charge in [-0.15, -0.1) is 22.7 Å². The first-order chi connectivity index (χ1) is 23.6. The Hall–Kier alpha value is -4.37. The molecule has 0 radical (unpaired) electrons. The highest BCUT2D eigenvalue weighted by Gasteiger charge is 2.35. The summed E-state index contributed by atoms with van der Waals surface area (Å²) in [5, 5.41) is 13.7. The highest BCUT2D eigenvalue weighted by Crippen LogP contribution is 2.27. The fraction of sp³-hybridized carbons (Fsp3) is 0.500. The minimum atomic E-state index is -0.640. The van der Waals surface area contributed by atoms with Gasteiger partial charge in [0.15, 0.2) is 0 Å². The standard InChI is InChI=1S/C34H44N8O5S2/c1-21(2)17-23-31-40-26(20-49-31)30(45)38-24(18-22-9-4-3-5-10-22)32-39-25(19-48-32)29(44)36-13-8-15-41(14-7-12-28(43)37-23)33(46)27-11-6-16-42(27)34(35)47/h3-5,9-10,19-21,23-24,27H,6-8,11-18H2,1-2H3,(H2,35,47)(H,36,44)(H,37,43)(H,38,45)/t23-,24-,27-/m0/s1. The zero-order valence-corrected chi connectivity index (χ0v) is 29.5. The molecule has 13 nitrogen and oxygen atoms in total. The maximum atomic E-state index is 13.6. The summed E-state index contributed by atoms with van der Waals surface area (Å²) >= 11 is 2.62. The largest absolute Gasteiger partial charge is 0.351 e. The fourth-order valence-electron chi connectivity index (χ4n) is 6.17. The molecule has 0 aliphatic carbocycles. The molecule has 15 heteroatoms. The summed E-state index contributed by atoms with van der Waals surface area (Å²) < 4.78 is 0.